The highest BCUT2D eigenvalue weighted by Crippen LogP contribution is 2.47. The first-order valence-electron chi connectivity index (χ1n) is 11.9. The lowest BCUT2D eigenvalue weighted by atomic mass is 9.71. The molecule has 3 aromatic carbocycles. The Morgan fingerprint density at radius 1 is 0.946 bits per heavy atom. The monoisotopic (exact) mass is 522 g/mol. The molecular formula is C30H29ClF2N2O2. The molecule has 0 aliphatic carbocycles. The van der Waals surface area contributed by atoms with Crippen molar-refractivity contribution in [3.8, 4) is 17.0 Å². The Bertz CT molecular complexity index is 1330. The molecule has 0 saturated heterocycles. The molecule has 0 saturated carbocycles. The number of aromatic nitrogens is 1. The molecule has 0 aliphatic rings. The molecule has 1 heterocycles. The van der Waals surface area contributed by atoms with Gasteiger partial charge in [-0.2, -0.15) is 0 Å². The zero-order valence-electron chi connectivity index (χ0n) is 21.0. The summed E-state index contributed by atoms with van der Waals surface area (Å²) in [6.07, 6.45) is 1.88. The number of benzene rings is 3. The quantitative estimate of drug-likeness (QED) is 0.267. The fourth-order valence-corrected chi connectivity index (χ4v) is 4.78. The van der Waals surface area contributed by atoms with E-state index in [-0.39, 0.29) is 12.0 Å². The standard InChI is InChI=1S/C30H29ClF2N2O2/c1-35(2)14-13-30(36,23-16-25(32)18-26(33)17-23)28(21-7-5-4-6-8-21)27-15-22(19-34-29(27)37-3)20-9-11-24(31)12-10-20/h4-12,15-19,28,36H,13-14H2,1-3H3. The predicted octanol–water partition coefficient (Wildman–Crippen LogP) is 6.66. The third-order valence-electron chi connectivity index (χ3n) is 6.47. The van der Waals surface area contributed by atoms with Crippen molar-refractivity contribution < 1.29 is 18.6 Å². The molecule has 2 unspecified atom stereocenters. The summed E-state index contributed by atoms with van der Waals surface area (Å²) in [5.41, 5.74) is 1.44. The molecule has 192 valence electrons. The van der Waals surface area contributed by atoms with Crippen molar-refractivity contribution in [2.45, 2.75) is 17.9 Å². The van der Waals surface area contributed by atoms with Crippen molar-refractivity contribution in [1.82, 2.24) is 9.88 Å². The van der Waals surface area contributed by atoms with Crippen LogP contribution in [0.2, 0.25) is 5.02 Å². The second-order valence-electron chi connectivity index (χ2n) is 9.31. The number of methoxy groups -OCH3 is 1. The molecule has 4 aromatic rings. The normalized spacial score (nSPS) is 13.8. The Morgan fingerprint density at radius 2 is 1.59 bits per heavy atom. The van der Waals surface area contributed by atoms with E-state index < -0.39 is 23.2 Å². The molecule has 1 aromatic heterocycles. The summed E-state index contributed by atoms with van der Waals surface area (Å²) in [6.45, 7) is 0.463. The Balaban J connectivity index is 2.00. The summed E-state index contributed by atoms with van der Waals surface area (Å²) in [5, 5.41) is 13.1. The van der Waals surface area contributed by atoms with E-state index in [1.807, 2.05) is 67.5 Å². The summed E-state index contributed by atoms with van der Waals surface area (Å²) in [4.78, 5) is 6.47. The number of rotatable bonds is 9. The molecule has 4 nitrogen and oxygen atoms in total. The van der Waals surface area contributed by atoms with E-state index in [0.29, 0.717) is 23.0 Å². The molecule has 7 heteroatoms. The zero-order chi connectivity index (χ0) is 26.6. The van der Waals surface area contributed by atoms with Gasteiger partial charge in [0.2, 0.25) is 5.88 Å². The second-order valence-corrected chi connectivity index (χ2v) is 9.75. The van der Waals surface area contributed by atoms with E-state index in [9.17, 15) is 13.9 Å². The third kappa shape index (κ3) is 5.99. The van der Waals surface area contributed by atoms with Gasteiger partial charge in [0, 0.05) is 40.9 Å². The van der Waals surface area contributed by atoms with Crippen molar-refractivity contribution in [3.63, 3.8) is 0 Å². The molecule has 2 atom stereocenters. The summed E-state index contributed by atoms with van der Waals surface area (Å²) in [5.74, 6) is -1.97. The summed E-state index contributed by atoms with van der Waals surface area (Å²) < 4.78 is 34.6. The fraction of sp³-hybridized carbons (Fsp3) is 0.233. The van der Waals surface area contributed by atoms with Gasteiger partial charge < -0.3 is 14.7 Å². The molecule has 0 bridgehead atoms. The van der Waals surface area contributed by atoms with Gasteiger partial charge in [0.05, 0.1) is 7.11 Å². The molecule has 0 aliphatic heterocycles. The Hall–Kier alpha value is -3.32. The minimum absolute atomic E-state index is 0.139. The first-order chi connectivity index (χ1) is 17.7. The van der Waals surface area contributed by atoms with Crippen molar-refractivity contribution in [3.05, 3.63) is 118 Å². The Labute approximate surface area is 221 Å². The molecular weight excluding hydrogens is 494 g/mol. The van der Waals surface area contributed by atoms with Gasteiger partial charge in [0.15, 0.2) is 0 Å². The predicted molar refractivity (Wildman–Crippen MR) is 143 cm³/mol. The molecule has 0 fully saturated rings. The highest BCUT2D eigenvalue weighted by atomic mass is 35.5. The van der Waals surface area contributed by atoms with Crippen LogP contribution in [-0.2, 0) is 5.60 Å². The maximum absolute atomic E-state index is 14.5. The maximum atomic E-state index is 14.5. The van der Waals surface area contributed by atoms with Crippen LogP contribution in [0, 0.1) is 11.6 Å². The average molecular weight is 523 g/mol. The van der Waals surface area contributed by atoms with Gasteiger partial charge in [0.1, 0.15) is 17.2 Å². The lowest BCUT2D eigenvalue weighted by Gasteiger charge is -2.39. The van der Waals surface area contributed by atoms with Gasteiger partial charge in [-0.15, -0.1) is 0 Å². The number of aliphatic hydroxyl groups is 1. The van der Waals surface area contributed by atoms with E-state index in [4.69, 9.17) is 16.3 Å². The van der Waals surface area contributed by atoms with E-state index in [0.717, 1.165) is 22.8 Å². The molecule has 37 heavy (non-hydrogen) atoms. The van der Waals surface area contributed by atoms with Crippen LogP contribution in [0.3, 0.4) is 0 Å². The minimum atomic E-state index is -1.71. The zero-order valence-corrected chi connectivity index (χ0v) is 21.7. The largest absolute Gasteiger partial charge is 0.481 e. The van der Waals surface area contributed by atoms with Crippen molar-refractivity contribution in [2.75, 3.05) is 27.7 Å². The van der Waals surface area contributed by atoms with E-state index in [1.165, 1.54) is 19.2 Å². The number of halogens is 3. The fourth-order valence-electron chi connectivity index (χ4n) is 4.66. The number of pyridine rings is 1. The van der Waals surface area contributed by atoms with Crippen LogP contribution in [0.1, 0.15) is 29.0 Å². The van der Waals surface area contributed by atoms with Gasteiger partial charge in [-0.1, -0.05) is 54.1 Å². The minimum Gasteiger partial charge on any atom is -0.481 e. The van der Waals surface area contributed by atoms with E-state index in [2.05, 4.69) is 4.98 Å². The van der Waals surface area contributed by atoms with Gasteiger partial charge in [-0.05, 0) is 67.5 Å². The summed E-state index contributed by atoms with van der Waals surface area (Å²) >= 11 is 6.09. The summed E-state index contributed by atoms with van der Waals surface area (Å²) in [7, 11) is 5.28. The van der Waals surface area contributed by atoms with Crippen LogP contribution in [0.4, 0.5) is 8.78 Å². The smallest absolute Gasteiger partial charge is 0.217 e. The van der Waals surface area contributed by atoms with Crippen molar-refractivity contribution in [2.24, 2.45) is 0 Å². The first-order valence-corrected chi connectivity index (χ1v) is 12.3. The van der Waals surface area contributed by atoms with Crippen LogP contribution in [-0.4, -0.2) is 42.7 Å². The number of hydrogen-bond acceptors (Lipinski definition) is 4. The Kier molecular flexibility index (Phi) is 8.22. The van der Waals surface area contributed by atoms with Crippen molar-refractivity contribution in [1.29, 1.82) is 0 Å². The lowest BCUT2D eigenvalue weighted by Crippen LogP contribution is -2.38. The first kappa shape index (κ1) is 26.7. The molecule has 4 rings (SSSR count). The second kappa shape index (κ2) is 11.4. The Morgan fingerprint density at radius 3 is 2.19 bits per heavy atom. The van der Waals surface area contributed by atoms with Gasteiger partial charge in [-0.3, -0.25) is 0 Å². The third-order valence-corrected chi connectivity index (χ3v) is 6.73. The number of ether oxygens (including phenoxy) is 1. The van der Waals surface area contributed by atoms with Gasteiger partial charge >= 0.3 is 0 Å². The van der Waals surface area contributed by atoms with E-state index in [1.54, 1.807) is 18.3 Å². The molecule has 0 spiro atoms. The molecule has 1 N–H and O–H groups in total. The van der Waals surface area contributed by atoms with Crippen LogP contribution in [0.25, 0.3) is 11.1 Å². The highest BCUT2D eigenvalue weighted by Gasteiger charge is 2.42. The van der Waals surface area contributed by atoms with Crippen LogP contribution < -0.4 is 4.74 Å². The topological polar surface area (TPSA) is 45.6 Å². The number of hydrogen-bond donors (Lipinski definition) is 1. The summed E-state index contributed by atoms with van der Waals surface area (Å²) in [6, 6.07) is 21.8. The average Bonchev–Trinajstić information content (AvgIpc) is 2.88. The van der Waals surface area contributed by atoms with Crippen molar-refractivity contribution >= 4 is 11.6 Å². The molecule has 0 radical (unpaired) electrons. The lowest BCUT2D eigenvalue weighted by molar-refractivity contribution is 0.00322. The van der Waals surface area contributed by atoms with Crippen LogP contribution in [0.15, 0.2) is 85.1 Å². The van der Waals surface area contributed by atoms with Crippen LogP contribution >= 0.6 is 11.6 Å². The van der Waals surface area contributed by atoms with Gasteiger partial charge in [0.25, 0.3) is 0 Å². The maximum Gasteiger partial charge on any atom is 0.217 e. The SMILES string of the molecule is COc1ncc(-c2ccc(Cl)cc2)cc1C(c1ccccc1)C(O)(CCN(C)C)c1cc(F)cc(F)c1. The number of nitrogens with zero attached hydrogens (tertiary/aromatic N) is 2. The highest BCUT2D eigenvalue weighted by molar-refractivity contribution is 6.30. The van der Waals surface area contributed by atoms with E-state index >= 15 is 0 Å². The van der Waals surface area contributed by atoms with Crippen LogP contribution in [0.5, 0.6) is 5.88 Å². The molecule has 0 amide bonds. The van der Waals surface area contributed by atoms with Gasteiger partial charge in [-0.25, -0.2) is 13.8 Å².